The quantitative estimate of drug-likeness (QED) is 0.512. The summed E-state index contributed by atoms with van der Waals surface area (Å²) in [6, 6.07) is 11.5. The average molecular weight is 395 g/mol. The third kappa shape index (κ3) is 3.88. The molecule has 0 fully saturated rings. The maximum atomic E-state index is 12.4. The summed E-state index contributed by atoms with van der Waals surface area (Å²) >= 11 is 1.56. The number of nitrogens with one attached hydrogen (secondary N) is 1. The van der Waals surface area contributed by atoms with Crippen molar-refractivity contribution >= 4 is 22.2 Å². The number of para-hydroxylation sites is 1. The van der Waals surface area contributed by atoms with Crippen molar-refractivity contribution in [3.05, 3.63) is 63.8 Å². The fourth-order valence-electron chi connectivity index (χ4n) is 3.02. The van der Waals surface area contributed by atoms with E-state index in [4.69, 9.17) is 4.42 Å². The molecule has 0 aliphatic heterocycles. The normalized spacial score (nSPS) is 12.7. The molecule has 28 heavy (non-hydrogen) atoms. The first-order valence-corrected chi connectivity index (χ1v) is 10.1. The molecule has 7 nitrogen and oxygen atoms in total. The molecule has 3 heterocycles. The summed E-state index contributed by atoms with van der Waals surface area (Å²) in [6.45, 7) is 5.24. The van der Waals surface area contributed by atoms with Gasteiger partial charge in [0, 0.05) is 6.04 Å². The van der Waals surface area contributed by atoms with Crippen LogP contribution in [-0.4, -0.2) is 31.1 Å². The van der Waals surface area contributed by atoms with E-state index in [0.29, 0.717) is 41.6 Å². The molecule has 4 aromatic rings. The van der Waals surface area contributed by atoms with Crippen LogP contribution in [0.3, 0.4) is 0 Å². The van der Waals surface area contributed by atoms with Gasteiger partial charge in [-0.05, 0) is 36.9 Å². The van der Waals surface area contributed by atoms with Crippen LogP contribution in [-0.2, 0) is 13.1 Å². The molecule has 0 bridgehead atoms. The first kappa shape index (κ1) is 18.5. The Morgan fingerprint density at radius 1 is 1.18 bits per heavy atom. The van der Waals surface area contributed by atoms with Crippen molar-refractivity contribution in [3.63, 3.8) is 0 Å². The number of hydrogen-bond acceptors (Lipinski definition) is 7. The monoisotopic (exact) mass is 395 g/mol. The summed E-state index contributed by atoms with van der Waals surface area (Å²) in [4.78, 5) is 23.0. The summed E-state index contributed by atoms with van der Waals surface area (Å²) in [7, 11) is 0. The number of hydrogen-bond donors (Lipinski definition) is 1. The number of benzene rings is 1. The first-order valence-electron chi connectivity index (χ1n) is 9.22. The Balaban J connectivity index is 1.58. The largest absolute Gasteiger partial charge is 0.419 e. The molecule has 8 heteroatoms. The summed E-state index contributed by atoms with van der Waals surface area (Å²) in [5.74, 6) is 1.71. The molecule has 1 N–H and O–H groups in total. The molecule has 0 radical (unpaired) electrons. The molecule has 0 saturated heterocycles. The van der Waals surface area contributed by atoms with Gasteiger partial charge in [0.15, 0.2) is 0 Å². The number of fused-ring (bicyclic) bond motifs is 1. The lowest BCUT2D eigenvalue weighted by atomic mass is 10.2. The van der Waals surface area contributed by atoms with E-state index in [2.05, 4.69) is 38.9 Å². The number of rotatable bonds is 7. The highest BCUT2D eigenvalue weighted by atomic mass is 32.1. The van der Waals surface area contributed by atoms with E-state index in [-0.39, 0.29) is 11.6 Å². The van der Waals surface area contributed by atoms with Gasteiger partial charge in [-0.25, -0.2) is 4.98 Å². The van der Waals surface area contributed by atoms with Crippen LogP contribution < -0.4 is 5.56 Å². The molecule has 0 spiro atoms. The van der Waals surface area contributed by atoms with Crippen LogP contribution in [0.15, 0.2) is 51.0 Å². The predicted molar refractivity (Wildman–Crippen MR) is 109 cm³/mol. The molecular formula is C20H21N5O2S. The van der Waals surface area contributed by atoms with Crippen molar-refractivity contribution in [3.8, 4) is 10.8 Å². The van der Waals surface area contributed by atoms with E-state index < -0.39 is 0 Å². The highest BCUT2D eigenvalue weighted by Gasteiger charge is 2.19. The van der Waals surface area contributed by atoms with Gasteiger partial charge in [0.2, 0.25) is 5.89 Å². The lowest BCUT2D eigenvalue weighted by Crippen LogP contribution is -2.33. The maximum Gasteiger partial charge on any atom is 0.258 e. The van der Waals surface area contributed by atoms with Crippen LogP contribution in [0.2, 0.25) is 0 Å². The Morgan fingerprint density at radius 3 is 2.82 bits per heavy atom. The Morgan fingerprint density at radius 2 is 2.04 bits per heavy atom. The molecule has 0 aliphatic carbocycles. The van der Waals surface area contributed by atoms with Crippen molar-refractivity contribution < 1.29 is 4.42 Å². The third-order valence-electron chi connectivity index (χ3n) is 4.77. The van der Waals surface area contributed by atoms with Gasteiger partial charge in [-0.2, -0.15) is 0 Å². The van der Waals surface area contributed by atoms with Crippen LogP contribution in [0.1, 0.15) is 32.0 Å². The van der Waals surface area contributed by atoms with Crippen LogP contribution in [0.25, 0.3) is 21.7 Å². The summed E-state index contributed by atoms with van der Waals surface area (Å²) in [6.07, 6.45) is 0.948. The Kier molecular flexibility index (Phi) is 5.31. The molecule has 3 aromatic heterocycles. The van der Waals surface area contributed by atoms with E-state index in [9.17, 15) is 4.79 Å². The fourth-order valence-corrected chi connectivity index (χ4v) is 3.66. The summed E-state index contributed by atoms with van der Waals surface area (Å²) < 4.78 is 5.84. The number of aromatic amines is 1. The van der Waals surface area contributed by atoms with Crippen LogP contribution >= 0.6 is 11.3 Å². The molecule has 0 amide bonds. The average Bonchev–Trinajstić information content (AvgIpc) is 3.38. The molecule has 0 aliphatic rings. The first-order chi connectivity index (χ1) is 13.6. The van der Waals surface area contributed by atoms with Gasteiger partial charge < -0.3 is 9.40 Å². The zero-order valence-electron chi connectivity index (χ0n) is 15.8. The molecule has 144 valence electrons. The zero-order chi connectivity index (χ0) is 19.5. The zero-order valence-corrected chi connectivity index (χ0v) is 16.6. The SMILES string of the molecule is CCC(C)N(Cc1nc2ccccc2c(=O)[nH]1)Cc1nnc(-c2cccs2)o1. The van der Waals surface area contributed by atoms with Gasteiger partial charge >= 0.3 is 0 Å². The van der Waals surface area contributed by atoms with Gasteiger partial charge in [-0.15, -0.1) is 21.5 Å². The lowest BCUT2D eigenvalue weighted by Gasteiger charge is -2.26. The van der Waals surface area contributed by atoms with Crippen molar-refractivity contribution in [2.45, 2.75) is 39.4 Å². The number of thiophene rings is 1. The van der Waals surface area contributed by atoms with Crippen LogP contribution in [0.5, 0.6) is 0 Å². The minimum atomic E-state index is -0.123. The van der Waals surface area contributed by atoms with Crippen molar-refractivity contribution in [1.82, 2.24) is 25.1 Å². The van der Waals surface area contributed by atoms with Gasteiger partial charge in [0.1, 0.15) is 5.82 Å². The number of H-pyrrole nitrogens is 1. The second-order valence-corrected chi connectivity index (χ2v) is 7.62. The molecule has 4 rings (SSSR count). The van der Waals surface area contributed by atoms with Crippen molar-refractivity contribution in [2.24, 2.45) is 0 Å². The predicted octanol–water partition coefficient (Wildman–Crippen LogP) is 3.84. The van der Waals surface area contributed by atoms with Crippen LogP contribution in [0.4, 0.5) is 0 Å². The molecule has 1 atom stereocenters. The number of nitrogens with zero attached hydrogens (tertiary/aromatic N) is 4. The van der Waals surface area contributed by atoms with E-state index in [1.54, 1.807) is 17.4 Å². The van der Waals surface area contributed by atoms with Crippen molar-refractivity contribution in [1.29, 1.82) is 0 Å². The molecular weight excluding hydrogens is 374 g/mol. The van der Waals surface area contributed by atoms with E-state index >= 15 is 0 Å². The molecule has 1 aromatic carbocycles. The second-order valence-electron chi connectivity index (χ2n) is 6.67. The Bertz CT molecular complexity index is 1120. The maximum absolute atomic E-state index is 12.4. The van der Waals surface area contributed by atoms with E-state index in [1.165, 1.54) is 0 Å². The minimum Gasteiger partial charge on any atom is -0.419 e. The third-order valence-corrected chi connectivity index (χ3v) is 5.62. The van der Waals surface area contributed by atoms with E-state index in [1.807, 2.05) is 35.7 Å². The smallest absolute Gasteiger partial charge is 0.258 e. The highest BCUT2D eigenvalue weighted by molar-refractivity contribution is 7.13. The fraction of sp³-hybridized carbons (Fsp3) is 0.300. The highest BCUT2D eigenvalue weighted by Crippen LogP contribution is 2.24. The van der Waals surface area contributed by atoms with Gasteiger partial charge in [-0.3, -0.25) is 9.69 Å². The second kappa shape index (κ2) is 8.04. The van der Waals surface area contributed by atoms with Crippen LogP contribution in [0, 0.1) is 0 Å². The number of aromatic nitrogens is 4. The Hall–Kier alpha value is -2.84. The Labute approximate surface area is 166 Å². The molecule has 0 saturated carbocycles. The lowest BCUT2D eigenvalue weighted by molar-refractivity contribution is 0.165. The molecule has 1 unspecified atom stereocenters. The topological polar surface area (TPSA) is 87.9 Å². The van der Waals surface area contributed by atoms with Gasteiger partial charge in [0.25, 0.3) is 11.4 Å². The summed E-state index contributed by atoms with van der Waals surface area (Å²) in [5.41, 5.74) is 0.575. The van der Waals surface area contributed by atoms with Gasteiger partial charge in [-0.1, -0.05) is 25.1 Å². The minimum absolute atomic E-state index is 0.123. The van der Waals surface area contributed by atoms with E-state index in [0.717, 1.165) is 11.3 Å². The van der Waals surface area contributed by atoms with Crippen molar-refractivity contribution in [2.75, 3.05) is 0 Å². The van der Waals surface area contributed by atoms with Gasteiger partial charge in [0.05, 0.1) is 28.9 Å². The standard InChI is InChI=1S/C20H21N5O2S/c1-3-13(2)25(12-18-23-24-20(27-18)16-9-6-10-28-16)11-17-21-15-8-5-4-7-14(15)19(26)22-17/h4-10,13H,3,11-12H2,1-2H3,(H,21,22,26). The summed E-state index contributed by atoms with van der Waals surface area (Å²) in [5, 5.41) is 10.9.